The Kier molecular flexibility index (Phi) is 16.1. The molecule has 1 aromatic heterocycles. The van der Waals surface area contributed by atoms with Crippen LogP contribution < -0.4 is 10.6 Å². The maximum atomic E-state index is 11.7. The van der Waals surface area contributed by atoms with Gasteiger partial charge in [0.1, 0.15) is 5.76 Å². The lowest BCUT2D eigenvalue weighted by atomic mass is 10.0. The lowest BCUT2D eigenvalue weighted by Gasteiger charge is -2.08. The van der Waals surface area contributed by atoms with E-state index in [9.17, 15) is 4.79 Å². The van der Waals surface area contributed by atoms with Crippen molar-refractivity contribution in [3.8, 4) is 0 Å². The molecule has 0 atom stereocenters. The van der Waals surface area contributed by atoms with Gasteiger partial charge in [-0.3, -0.25) is 10.1 Å². The molecular formula is C24H40N2O2S. The van der Waals surface area contributed by atoms with E-state index in [1.807, 2.05) is 0 Å². The molecule has 1 amide bonds. The van der Waals surface area contributed by atoms with Crippen LogP contribution in [0, 0.1) is 0 Å². The van der Waals surface area contributed by atoms with Gasteiger partial charge in [-0.15, -0.1) is 0 Å². The van der Waals surface area contributed by atoms with Gasteiger partial charge in [0.25, 0.3) is 0 Å². The summed E-state index contributed by atoms with van der Waals surface area (Å²) < 4.78 is 5.13. The highest BCUT2D eigenvalue weighted by molar-refractivity contribution is 7.80. The maximum absolute atomic E-state index is 11.7. The fraction of sp³-hybridized carbons (Fsp3) is 0.667. The summed E-state index contributed by atoms with van der Waals surface area (Å²) >= 11 is 5.14. The van der Waals surface area contributed by atoms with E-state index in [1.54, 1.807) is 24.5 Å². The predicted octanol–water partition coefficient (Wildman–Crippen LogP) is 6.76. The van der Waals surface area contributed by atoms with Gasteiger partial charge < -0.3 is 9.73 Å². The highest BCUT2D eigenvalue weighted by atomic mass is 32.1. The molecule has 164 valence electrons. The Morgan fingerprint density at radius 1 is 0.931 bits per heavy atom. The minimum absolute atomic E-state index is 0.250. The van der Waals surface area contributed by atoms with Crippen LogP contribution in [0.1, 0.15) is 103 Å². The molecule has 0 bridgehead atoms. The van der Waals surface area contributed by atoms with Crippen molar-refractivity contribution in [1.29, 1.82) is 0 Å². The van der Waals surface area contributed by atoms with Gasteiger partial charge in [0.2, 0.25) is 5.91 Å². The Bertz CT molecular complexity index is 555. The predicted molar refractivity (Wildman–Crippen MR) is 127 cm³/mol. The largest absolute Gasteiger partial charge is 0.465 e. The quantitative estimate of drug-likeness (QED) is 0.166. The molecule has 1 aromatic rings. The Hall–Kier alpha value is -1.62. The minimum atomic E-state index is -0.250. The van der Waals surface area contributed by atoms with Crippen molar-refractivity contribution in [2.24, 2.45) is 0 Å². The van der Waals surface area contributed by atoms with E-state index in [0.29, 0.717) is 10.9 Å². The normalized spacial score (nSPS) is 11.1. The number of hydrogen-bond donors (Lipinski definition) is 2. The number of furan rings is 1. The van der Waals surface area contributed by atoms with E-state index >= 15 is 0 Å². The Morgan fingerprint density at radius 3 is 2.00 bits per heavy atom. The van der Waals surface area contributed by atoms with Crippen LogP contribution in [0.2, 0.25) is 0 Å². The highest BCUT2D eigenvalue weighted by Gasteiger charge is 2.00. The molecule has 0 aliphatic carbocycles. The van der Waals surface area contributed by atoms with Gasteiger partial charge in [-0.2, -0.15) is 0 Å². The third kappa shape index (κ3) is 15.9. The molecule has 4 nitrogen and oxygen atoms in total. The maximum Gasteiger partial charge on any atom is 0.250 e. The number of nitrogens with one attached hydrogen (secondary N) is 2. The molecule has 0 spiro atoms. The van der Waals surface area contributed by atoms with Crippen molar-refractivity contribution in [1.82, 2.24) is 10.6 Å². The first kappa shape index (κ1) is 25.4. The summed E-state index contributed by atoms with van der Waals surface area (Å²) in [5, 5.41) is 6.12. The number of hydrogen-bond acceptors (Lipinski definition) is 3. The van der Waals surface area contributed by atoms with E-state index in [2.05, 4.69) is 17.6 Å². The number of unbranched alkanes of at least 4 members (excludes halogenated alkanes) is 13. The van der Waals surface area contributed by atoms with Crippen molar-refractivity contribution in [3.05, 3.63) is 30.2 Å². The molecular weight excluding hydrogens is 380 g/mol. The third-order valence-corrected chi connectivity index (χ3v) is 5.24. The van der Waals surface area contributed by atoms with E-state index in [0.717, 1.165) is 13.0 Å². The topological polar surface area (TPSA) is 54.3 Å². The second-order valence-corrected chi connectivity index (χ2v) is 8.10. The van der Waals surface area contributed by atoms with Crippen molar-refractivity contribution < 1.29 is 9.21 Å². The van der Waals surface area contributed by atoms with Crippen LogP contribution in [-0.4, -0.2) is 17.6 Å². The monoisotopic (exact) mass is 420 g/mol. The first-order chi connectivity index (χ1) is 14.2. The van der Waals surface area contributed by atoms with Gasteiger partial charge in [0.05, 0.1) is 6.26 Å². The number of carbonyl (C=O) groups is 1. The average Bonchev–Trinajstić information content (AvgIpc) is 3.23. The SMILES string of the molecule is CCCCCCCCCCCCCCCCNC(=S)NC(=O)C=Cc1ccco1. The van der Waals surface area contributed by atoms with Gasteiger partial charge in [-0.25, -0.2) is 0 Å². The standard InChI is InChI=1S/C24H40N2O2S/c1-2-3-4-5-6-7-8-9-10-11-12-13-14-15-20-25-24(29)26-23(27)19-18-22-17-16-21-28-22/h16-19,21H,2-15,20H2,1H3,(H2,25,26,27,29). The summed E-state index contributed by atoms with van der Waals surface area (Å²) in [6.45, 7) is 3.08. The summed E-state index contributed by atoms with van der Waals surface area (Å²) in [5.74, 6) is 0.390. The molecule has 2 N–H and O–H groups in total. The third-order valence-electron chi connectivity index (χ3n) is 4.99. The molecule has 0 aromatic carbocycles. The minimum Gasteiger partial charge on any atom is -0.465 e. The molecule has 0 radical (unpaired) electrons. The zero-order valence-corrected chi connectivity index (χ0v) is 19.0. The summed E-state index contributed by atoms with van der Waals surface area (Å²) in [6.07, 6.45) is 23.5. The second-order valence-electron chi connectivity index (χ2n) is 7.69. The van der Waals surface area contributed by atoms with E-state index < -0.39 is 0 Å². The van der Waals surface area contributed by atoms with Gasteiger partial charge in [0.15, 0.2) is 5.11 Å². The molecule has 0 unspecified atom stereocenters. The van der Waals surface area contributed by atoms with E-state index in [1.165, 1.54) is 89.5 Å². The Morgan fingerprint density at radius 2 is 1.48 bits per heavy atom. The molecule has 0 aliphatic rings. The number of amides is 1. The lowest BCUT2D eigenvalue weighted by molar-refractivity contribution is -0.115. The van der Waals surface area contributed by atoms with E-state index in [4.69, 9.17) is 16.6 Å². The first-order valence-electron chi connectivity index (χ1n) is 11.5. The molecule has 0 aliphatic heterocycles. The summed E-state index contributed by atoms with van der Waals surface area (Å²) in [6, 6.07) is 3.57. The molecule has 5 heteroatoms. The second kappa shape index (κ2) is 18.4. The van der Waals surface area contributed by atoms with E-state index in [-0.39, 0.29) is 5.91 Å². The van der Waals surface area contributed by atoms with Crippen molar-refractivity contribution >= 4 is 29.3 Å². The molecule has 29 heavy (non-hydrogen) atoms. The molecule has 1 heterocycles. The summed E-state index contributed by atoms with van der Waals surface area (Å²) in [7, 11) is 0. The van der Waals surface area contributed by atoms with Gasteiger partial charge in [-0.1, -0.05) is 90.4 Å². The first-order valence-corrected chi connectivity index (χ1v) is 11.9. The molecule has 0 saturated carbocycles. The summed E-state index contributed by atoms with van der Waals surface area (Å²) in [4.78, 5) is 11.7. The highest BCUT2D eigenvalue weighted by Crippen LogP contribution is 2.12. The van der Waals surface area contributed by atoms with Gasteiger partial charge >= 0.3 is 0 Å². The average molecular weight is 421 g/mol. The van der Waals surface area contributed by atoms with Crippen molar-refractivity contribution in [2.45, 2.75) is 96.8 Å². The molecule has 0 fully saturated rings. The van der Waals surface area contributed by atoms with Crippen LogP contribution in [0.5, 0.6) is 0 Å². The van der Waals surface area contributed by atoms with Crippen LogP contribution in [0.4, 0.5) is 0 Å². The zero-order chi connectivity index (χ0) is 21.0. The molecule has 1 rings (SSSR count). The van der Waals surface area contributed by atoms with Gasteiger partial charge in [0, 0.05) is 12.6 Å². The van der Waals surface area contributed by atoms with Crippen molar-refractivity contribution in [2.75, 3.05) is 6.54 Å². The number of carbonyl (C=O) groups excluding carboxylic acids is 1. The fourth-order valence-electron chi connectivity index (χ4n) is 3.26. The number of thiocarbonyl (C=S) groups is 1. The summed E-state index contributed by atoms with van der Waals surface area (Å²) in [5.41, 5.74) is 0. The van der Waals surface area contributed by atoms with Crippen LogP contribution in [-0.2, 0) is 4.79 Å². The molecule has 0 saturated heterocycles. The zero-order valence-electron chi connectivity index (χ0n) is 18.2. The Labute approximate surface area is 182 Å². The van der Waals surface area contributed by atoms with Crippen LogP contribution in [0.3, 0.4) is 0 Å². The number of rotatable bonds is 17. The van der Waals surface area contributed by atoms with Crippen LogP contribution in [0.25, 0.3) is 6.08 Å². The van der Waals surface area contributed by atoms with Crippen LogP contribution >= 0.6 is 12.2 Å². The van der Waals surface area contributed by atoms with Crippen LogP contribution in [0.15, 0.2) is 28.9 Å². The fourth-order valence-corrected chi connectivity index (χ4v) is 3.47. The van der Waals surface area contributed by atoms with Crippen molar-refractivity contribution in [3.63, 3.8) is 0 Å². The Balaban J connectivity index is 1.83. The van der Waals surface area contributed by atoms with Gasteiger partial charge in [-0.05, 0) is 36.8 Å². The lowest BCUT2D eigenvalue weighted by Crippen LogP contribution is -2.38. The smallest absolute Gasteiger partial charge is 0.250 e.